The second kappa shape index (κ2) is 3.06. The second-order valence-corrected chi connectivity index (χ2v) is 1.93. The Morgan fingerprint density at radius 2 is 2.70 bits per heavy atom. The Kier molecular flexibility index (Phi) is 2.10. The molecule has 0 radical (unpaired) electrons. The number of ether oxygens (including phenoxy) is 1. The lowest BCUT2D eigenvalue weighted by molar-refractivity contribution is 0.344. The molecule has 0 aliphatic heterocycles. The van der Waals surface area contributed by atoms with Gasteiger partial charge in [-0.2, -0.15) is 0 Å². The van der Waals surface area contributed by atoms with Crippen LogP contribution in [0.3, 0.4) is 0 Å². The molecule has 3 heteroatoms. The highest BCUT2D eigenvalue weighted by atomic mass is 16.5. The number of rotatable bonds is 3. The van der Waals surface area contributed by atoms with E-state index in [1.807, 2.05) is 19.3 Å². The summed E-state index contributed by atoms with van der Waals surface area (Å²) in [6, 6.07) is 1.81. The van der Waals surface area contributed by atoms with Gasteiger partial charge in [-0.15, -0.1) is 5.10 Å². The van der Waals surface area contributed by atoms with Crippen LogP contribution in [0.1, 0.15) is 0 Å². The first-order valence-electron chi connectivity index (χ1n) is 3.06. The molecule has 10 heavy (non-hydrogen) atoms. The summed E-state index contributed by atoms with van der Waals surface area (Å²) in [6.07, 6.45) is 3.52. The minimum absolute atomic E-state index is 0.511. The van der Waals surface area contributed by atoms with Crippen molar-refractivity contribution < 1.29 is 4.74 Å². The van der Waals surface area contributed by atoms with Crippen LogP contribution in [-0.4, -0.2) is 16.4 Å². The first kappa shape index (κ1) is 6.86. The molecule has 0 bridgehead atoms. The summed E-state index contributed by atoms with van der Waals surface area (Å²) in [5.74, 6) is 0.641. The van der Waals surface area contributed by atoms with Gasteiger partial charge in [0.25, 0.3) is 0 Å². The zero-order chi connectivity index (χ0) is 7.40. The Labute approximate surface area is 59.9 Å². The number of nitrogens with zero attached hydrogens (tertiary/aromatic N) is 2. The van der Waals surface area contributed by atoms with Gasteiger partial charge in [0.05, 0.1) is 0 Å². The highest BCUT2D eigenvalue weighted by Crippen LogP contribution is 2.03. The summed E-state index contributed by atoms with van der Waals surface area (Å²) in [6.45, 7) is 4.03. The third-order valence-electron chi connectivity index (χ3n) is 1.04. The van der Waals surface area contributed by atoms with Crippen molar-refractivity contribution in [1.82, 2.24) is 9.78 Å². The molecule has 0 saturated carbocycles. The van der Waals surface area contributed by atoms with Crippen molar-refractivity contribution in [2.75, 3.05) is 6.61 Å². The standard InChI is InChI=1S/C7H10N2O/c1-3-6-10-7-4-5-9(2)8-7/h3-5H,1,6H2,2H3. The first-order chi connectivity index (χ1) is 4.83. The van der Waals surface area contributed by atoms with Crippen molar-refractivity contribution >= 4 is 0 Å². The molecule has 54 valence electrons. The molecule has 0 aliphatic carbocycles. The lowest BCUT2D eigenvalue weighted by atomic mass is 10.6. The Morgan fingerprint density at radius 1 is 1.90 bits per heavy atom. The molecule has 0 N–H and O–H groups in total. The number of hydrogen-bond donors (Lipinski definition) is 0. The van der Waals surface area contributed by atoms with E-state index in [9.17, 15) is 0 Å². The van der Waals surface area contributed by atoms with Gasteiger partial charge >= 0.3 is 0 Å². The summed E-state index contributed by atoms with van der Waals surface area (Å²) in [7, 11) is 1.85. The SMILES string of the molecule is C=CCOc1ccn(C)n1. The number of hydrogen-bond acceptors (Lipinski definition) is 2. The van der Waals surface area contributed by atoms with Crippen LogP contribution < -0.4 is 4.74 Å². The van der Waals surface area contributed by atoms with E-state index in [0.717, 1.165) is 0 Å². The van der Waals surface area contributed by atoms with E-state index in [0.29, 0.717) is 12.5 Å². The fourth-order valence-electron chi connectivity index (χ4n) is 0.615. The number of aromatic nitrogens is 2. The van der Waals surface area contributed by atoms with Crippen molar-refractivity contribution in [3.8, 4) is 5.88 Å². The average molecular weight is 138 g/mol. The summed E-state index contributed by atoms with van der Waals surface area (Å²) in [4.78, 5) is 0. The maximum atomic E-state index is 5.13. The molecule has 0 unspecified atom stereocenters. The molecule has 1 aromatic rings. The molecule has 3 nitrogen and oxygen atoms in total. The van der Waals surface area contributed by atoms with E-state index in [1.54, 1.807) is 10.8 Å². The van der Waals surface area contributed by atoms with Crippen LogP contribution in [-0.2, 0) is 7.05 Å². The zero-order valence-corrected chi connectivity index (χ0v) is 5.95. The lowest BCUT2D eigenvalue weighted by Gasteiger charge is -1.94. The van der Waals surface area contributed by atoms with E-state index >= 15 is 0 Å². The molecule has 0 aliphatic rings. The molecular formula is C7H10N2O. The molecule has 0 atom stereocenters. The van der Waals surface area contributed by atoms with Gasteiger partial charge in [0.15, 0.2) is 0 Å². The van der Waals surface area contributed by atoms with Crippen molar-refractivity contribution in [2.24, 2.45) is 7.05 Å². The van der Waals surface area contributed by atoms with Gasteiger partial charge < -0.3 is 4.74 Å². The van der Waals surface area contributed by atoms with Gasteiger partial charge in [-0.1, -0.05) is 12.7 Å². The van der Waals surface area contributed by atoms with Crippen LogP contribution in [0.2, 0.25) is 0 Å². The van der Waals surface area contributed by atoms with Crippen molar-refractivity contribution in [3.63, 3.8) is 0 Å². The third kappa shape index (κ3) is 1.62. The fourth-order valence-corrected chi connectivity index (χ4v) is 0.615. The van der Waals surface area contributed by atoms with Crippen LogP contribution in [0, 0.1) is 0 Å². The molecule has 1 heterocycles. The minimum atomic E-state index is 0.511. The van der Waals surface area contributed by atoms with E-state index in [1.165, 1.54) is 0 Å². The topological polar surface area (TPSA) is 27.1 Å². The Morgan fingerprint density at radius 3 is 3.20 bits per heavy atom. The molecule has 0 aromatic carbocycles. The van der Waals surface area contributed by atoms with Gasteiger partial charge in [0.1, 0.15) is 6.61 Å². The third-order valence-corrected chi connectivity index (χ3v) is 1.04. The van der Waals surface area contributed by atoms with E-state index in [2.05, 4.69) is 11.7 Å². The molecule has 1 aromatic heterocycles. The summed E-state index contributed by atoms with van der Waals surface area (Å²) in [5, 5.41) is 3.99. The van der Waals surface area contributed by atoms with Crippen LogP contribution >= 0.6 is 0 Å². The zero-order valence-electron chi connectivity index (χ0n) is 5.95. The molecule has 0 saturated heterocycles. The molecular weight excluding hydrogens is 128 g/mol. The highest BCUT2D eigenvalue weighted by molar-refractivity contribution is 5.05. The summed E-state index contributed by atoms with van der Waals surface area (Å²) in [5.41, 5.74) is 0. The lowest BCUT2D eigenvalue weighted by Crippen LogP contribution is -1.94. The van der Waals surface area contributed by atoms with Crippen molar-refractivity contribution in [2.45, 2.75) is 0 Å². The second-order valence-electron chi connectivity index (χ2n) is 1.93. The average Bonchev–Trinajstić information content (AvgIpc) is 2.31. The minimum Gasteiger partial charge on any atom is -0.472 e. The fraction of sp³-hybridized carbons (Fsp3) is 0.286. The monoisotopic (exact) mass is 138 g/mol. The van der Waals surface area contributed by atoms with Crippen molar-refractivity contribution in [1.29, 1.82) is 0 Å². The van der Waals surface area contributed by atoms with E-state index < -0.39 is 0 Å². The summed E-state index contributed by atoms with van der Waals surface area (Å²) >= 11 is 0. The van der Waals surface area contributed by atoms with Gasteiger partial charge in [-0.25, -0.2) is 0 Å². The molecule has 1 rings (SSSR count). The Bertz CT molecular complexity index is 217. The maximum absolute atomic E-state index is 5.13. The van der Waals surface area contributed by atoms with Gasteiger partial charge in [-0.05, 0) is 0 Å². The quantitative estimate of drug-likeness (QED) is 0.582. The molecule has 0 spiro atoms. The number of aryl methyl sites for hydroxylation is 1. The smallest absolute Gasteiger partial charge is 0.233 e. The van der Waals surface area contributed by atoms with Gasteiger partial charge in [0.2, 0.25) is 5.88 Å². The Hall–Kier alpha value is -1.25. The largest absolute Gasteiger partial charge is 0.472 e. The molecule has 0 fully saturated rings. The predicted octanol–water partition coefficient (Wildman–Crippen LogP) is 0.985. The van der Waals surface area contributed by atoms with Crippen LogP contribution in [0.25, 0.3) is 0 Å². The van der Waals surface area contributed by atoms with E-state index in [4.69, 9.17) is 4.74 Å². The van der Waals surface area contributed by atoms with Gasteiger partial charge in [-0.3, -0.25) is 4.68 Å². The molecule has 0 amide bonds. The van der Waals surface area contributed by atoms with Crippen molar-refractivity contribution in [3.05, 3.63) is 24.9 Å². The van der Waals surface area contributed by atoms with Crippen LogP contribution in [0.15, 0.2) is 24.9 Å². The van der Waals surface area contributed by atoms with Crippen LogP contribution in [0.4, 0.5) is 0 Å². The predicted molar refractivity (Wildman–Crippen MR) is 38.9 cm³/mol. The van der Waals surface area contributed by atoms with Gasteiger partial charge in [0, 0.05) is 19.3 Å². The van der Waals surface area contributed by atoms with Crippen LogP contribution in [0.5, 0.6) is 5.88 Å². The maximum Gasteiger partial charge on any atom is 0.233 e. The summed E-state index contributed by atoms with van der Waals surface area (Å²) < 4.78 is 6.82. The normalized spacial score (nSPS) is 9.30. The highest BCUT2D eigenvalue weighted by Gasteiger charge is 1.92. The Balaban J connectivity index is 2.49. The van der Waals surface area contributed by atoms with E-state index in [-0.39, 0.29) is 0 Å². The first-order valence-corrected chi connectivity index (χ1v) is 3.06.